The van der Waals surface area contributed by atoms with E-state index in [1.807, 2.05) is 0 Å². The van der Waals surface area contributed by atoms with Crippen LogP contribution in [0.2, 0.25) is 0 Å². The Balaban J connectivity index is 1.58. The van der Waals surface area contributed by atoms with E-state index in [4.69, 9.17) is 18.9 Å². The molecule has 1 aliphatic heterocycles. The molecule has 0 saturated heterocycles. The van der Waals surface area contributed by atoms with Crippen molar-refractivity contribution in [3.63, 3.8) is 0 Å². The Labute approximate surface area is 197 Å². The minimum Gasteiger partial charge on any atom is -0.495 e. The molecule has 0 fully saturated rings. The number of hydrogen-bond donors (Lipinski definition) is 2. The number of nitrogens with one attached hydrogen (secondary N) is 2. The Hall–Kier alpha value is -3.57. The number of carbonyl (C=O) groups excluding carboxylic acids is 2. The van der Waals surface area contributed by atoms with Crippen molar-refractivity contribution in [3.05, 3.63) is 48.0 Å². The first-order valence-corrected chi connectivity index (χ1v) is 11.9. The molecule has 0 saturated carbocycles. The number of hydrogen-bond acceptors (Lipinski definition) is 8. The monoisotopic (exact) mass is 490 g/mol. The van der Waals surface area contributed by atoms with Gasteiger partial charge >= 0.3 is 5.97 Å². The zero-order chi connectivity index (χ0) is 24.7. The third kappa shape index (κ3) is 6.72. The lowest BCUT2D eigenvalue weighted by Crippen LogP contribution is -2.30. The first-order chi connectivity index (χ1) is 16.2. The highest BCUT2D eigenvalue weighted by atomic mass is 32.2. The van der Waals surface area contributed by atoms with Gasteiger partial charge < -0.3 is 24.3 Å². The van der Waals surface area contributed by atoms with Gasteiger partial charge in [0.15, 0.2) is 18.1 Å². The number of benzene rings is 2. The molecule has 0 spiro atoms. The number of rotatable bonds is 9. The average molecular weight is 491 g/mol. The van der Waals surface area contributed by atoms with Crippen molar-refractivity contribution < 1.29 is 37.0 Å². The van der Waals surface area contributed by atoms with E-state index in [0.717, 1.165) is 6.08 Å². The van der Waals surface area contributed by atoms with Crippen LogP contribution in [0.4, 0.5) is 5.69 Å². The zero-order valence-electron chi connectivity index (χ0n) is 19.0. The Morgan fingerprint density at radius 3 is 2.53 bits per heavy atom. The van der Waals surface area contributed by atoms with Crippen molar-refractivity contribution in [1.82, 2.24) is 4.72 Å². The molecule has 2 aromatic carbocycles. The molecule has 0 unspecified atom stereocenters. The lowest BCUT2D eigenvalue weighted by Gasteiger charge is -2.18. The maximum atomic E-state index is 12.6. The third-order valence-corrected chi connectivity index (χ3v) is 6.13. The summed E-state index contributed by atoms with van der Waals surface area (Å²) in [5.41, 5.74) is 0.908. The second-order valence-electron chi connectivity index (χ2n) is 7.53. The summed E-state index contributed by atoms with van der Waals surface area (Å²) in [5.74, 6) is -0.0127. The van der Waals surface area contributed by atoms with Crippen LogP contribution in [-0.2, 0) is 24.3 Å². The van der Waals surface area contributed by atoms with Crippen molar-refractivity contribution in [2.45, 2.75) is 24.8 Å². The molecule has 2 N–H and O–H groups in total. The fourth-order valence-corrected chi connectivity index (χ4v) is 4.50. The number of ether oxygens (including phenoxy) is 4. The molecule has 0 aromatic heterocycles. The third-order valence-electron chi connectivity index (χ3n) is 4.45. The Morgan fingerprint density at radius 2 is 1.82 bits per heavy atom. The number of carbonyl (C=O) groups is 2. The van der Waals surface area contributed by atoms with Gasteiger partial charge in [-0.2, -0.15) is 0 Å². The first kappa shape index (κ1) is 25.1. The van der Waals surface area contributed by atoms with Gasteiger partial charge in [0.1, 0.15) is 23.9 Å². The zero-order valence-corrected chi connectivity index (χ0v) is 19.8. The Morgan fingerprint density at radius 1 is 1.09 bits per heavy atom. The highest BCUT2D eigenvalue weighted by molar-refractivity contribution is 7.89. The topological polar surface area (TPSA) is 129 Å². The molecule has 0 aliphatic carbocycles. The summed E-state index contributed by atoms with van der Waals surface area (Å²) in [6, 6.07) is 9.10. The number of amides is 1. The van der Waals surface area contributed by atoms with Crippen LogP contribution in [0.1, 0.15) is 19.4 Å². The van der Waals surface area contributed by atoms with Gasteiger partial charge in [0.05, 0.1) is 7.11 Å². The smallest absolute Gasteiger partial charge is 0.331 e. The van der Waals surface area contributed by atoms with E-state index in [1.54, 1.807) is 38.1 Å². The summed E-state index contributed by atoms with van der Waals surface area (Å²) >= 11 is 0. The molecule has 1 aliphatic rings. The van der Waals surface area contributed by atoms with Gasteiger partial charge in [-0.3, -0.25) is 4.79 Å². The molecule has 1 amide bonds. The van der Waals surface area contributed by atoms with E-state index < -0.39 is 28.5 Å². The van der Waals surface area contributed by atoms with E-state index in [9.17, 15) is 18.0 Å². The summed E-state index contributed by atoms with van der Waals surface area (Å²) in [6.45, 7) is 3.79. The molecular weight excluding hydrogens is 464 g/mol. The van der Waals surface area contributed by atoms with Crippen molar-refractivity contribution >= 4 is 33.7 Å². The van der Waals surface area contributed by atoms with E-state index in [1.165, 1.54) is 25.3 Å². The van der Waals surface area contributed by atoms with Crippen LogP contribution in [0.15, 0.2) is 47.4 Å². The van der Waals surface area contributed by atoms with Gasteiger partial charge in [0.2, 0.25) is 10.0 Å². The van der Waals surface area contributed by atoms with Crippen molar-refractivity contribution in [2.75, 3.05) is 32.2 Å². The molecule has 11 heteroatoms. The van der Waals surface area contributed by atoms with Crippen molar-refractivity contribution in [2.24, 2.45) is 0 Å². The van der Waals surface area contributed by atoms with Gasteiger partial charge in [-0.05, 0) is 49.8 Å². The van der Waals surface area contributed by atoms with Gasteiger partial charge in [-0.1, -0.05) is 6.07 Å². The van der Waals surface area contributed by atoms with Crippen LogP contribution >= 0.6 is 0 Å². The summed E-state index contributed by atoms with van der Waals surface area (Å²) in [6.07, 6.45) is 2.49. The predicted octanol–water partition coefficient (Wildman–Crippen LogP) is 2.35. The maximum absolute atomic E-state index is 12.6. The minimum absolute atomic E-state index is 0.0574. The molecular formula is C23H26N2O8S. The second kappa shape index (κ2) is 11.0. The molecule has 0 radical (unpaired) electrons. The largest absolute Gasteiger partial charge is 0.495 e. The highest BCUT2D eigenvalue weighted by Gasteiger charge is 2.21. The lowest BCUT2D eigenvalue weighted by atomic mass is 10.2. The fourth-order valence-electron chi connectivity index (χ4n) is 3.05. The first-order valence-electron chi connectivity index (χ1n) is 10.4. The van der Waals surface area contributed by atoms with Crippen molar-refractivity contribution in [3.8, 4) is 17.2 Å². The standard InChI is InChI=1S/C23H26N2O8S/c1-15(2)25-34(28,29)21-12-16(4-7-19(21)30-3)5-9-23(27)33-14-22(26)24-17-6-8-18-20(13-17)32-11-10-31-18/h4-9,12-13,15,25H,10-11,14H2,1-3H3,(H,24,26). The van der Waals surface area contributed by atoms with Gasteiger partial charge in [0, 0.05) is 23.9 Å². The summed E-state index contributed by atoms with van der Waals surface area (Å²) in [4.78, 5) is 24.1. The molecule has 0 atom stereocenters. The average Bonchev–Trinajstić information content (AvgIpc) is 2.80. The van der Waals surface area contributed by atoms with Crippen LogP contribution in [0.25, 0.3) is 6.08 Å². The minimum atomic E-state index is -3.82. The molecule has 182 valence electrons. The number of fused-ring (bicyclic) bond motifs is 1. The van der Waals surface area contributed by atoms with Gasteiger partial charge in [-0.25, -0.2) is 17.9 Å². The summed E-state index contributed by atoms with van der Waals surface area (Å²) < 4.78 is 48.6. The number of methoxy groups -OCH3 is 1. The van der Waals surface area contributed by atoms with Crippen LogP contribution < -0.4 is 24.2 Å². The molecule has 2 aromatic rings. The normalized spacial score (nSPS) is 13.1. The van der Waals surface area contributed by atoms with Crippen LogP contribution in [0.3, 0.4) is 0 Å². The van der Waals surface area contributed by atoms with E-state index >= 15 is 0 Å². The highest BCUT2D eigenvalue weighted by Crippen LogP contribution is 2.32. The molecule has 1 heterocycles. The van der Waals surface area contributed by atoms with E-state index in [-0.39, 0.29) is 16.7 Å². The quantitative estimate of drug-likeness (QED) is 0.405. The molecule has 34 heavy (non-hydrogen) atoms. The second-order valence-corrected chi connectivity index (χ2v) is 9.22. The summed E-state index contributed by atoms with van der Waals surface area (Å²) in [7, 11) is -2.45. The molecule has 0 bridgehead atoms. The van der Waals surface area contributed by atoms with E-state index in [0.29, 0.717) is 36.0 Å². The Kier molecular flexibility index (Phi) is 8.13. The fraction of sp³-hybridized carbons (Fsp3) is 0.304. The van der Waals surface area contributed by atoms with Crippen LogP contribution in [-0.4, -0.2) is 53.3 Å². The van der Waals surface area contributed by atoms with Crippen molar-refractivity contribution in [1.29, 1.82) is 0 Å². The predicted molar refractivity (Wildman–Crippen MR) is 125 cm³/mol. The molecule has 10 nitrogen and oxygen atoms in total. The van der Waals surface area contributed by atoms with Gasteiger partial charge in [-0.15, -0.1) is 0 Å². The number of anilines is 1. The Bertz CT molecular complexity index is 1190. The summed E-state index contributed by atoms with van der Waals surface area (Å²) in [5, 5.41) is 2.61. The van der Waals surface area contributed by atoms with Crippen LogP contribution in [0.5, 0.6) is 17.2 Å². The van der Waals surface area contributed by atoms with E-state index in [2.05, 4.69) is 10.0 Å². The SMILES string of the molecule is COc1ccc(C=CC(=O)OCC(=O)Nc2ccc3c(c2)OCCO3)cc1S(=O)(=O)NC(C)C. The van der Waals surface area contributed by atoms with Gasteiger partial charge in [0.25, 0.3) is 5.91 Å². The van der Waals surface area contributed by atoms with Crippen LogP contribution in [0, 0.1) is 0 Å². The number of sulfonamides is 1. The number of esters is 1. The maximum Gasteiger partial charge on any atom is 0.331 e. The lowest BCUT2D eigenvalue weighted by molar-refractivity contribution is -0.142. The molecule has 3 rings (SSSR count).